The van der Waals surface area contributed by atoms with E-state index in [2.05, 4.69) is 5.32 Å². The van der Waals surface area contributed by atoms with Gasteiger partial charge in [0.1, 0.15) is 0 Å². The van der Waals surface area contributed by atoms with Gasteiger partial charge in [0.25, 0.3) is 0 Å². The summed E-state index contributed by atoms with van der Waals surface area (Å²) >= 11 is 0. The second-order valence-corrected chi connectivity index (χ2v) is 5.84. The Kier molecular flexibility index (Phi) is 7.39. The van der Waals surface area contributed by atoms with Crippen LogP contribution in [-0.4, -0.2) is 36.9 Å². The third-order valence-electron chi connectivity index (χ3n) is 4.41. The fourth-order valence-electron chi connectivity index (χ4n) is 2.60. The van der Waals surface area contributed by atoms with E-state index in [1.165, 1.54) is 0 Å². The van der Waals surface area contributed by atoms with Crippen LogP contribution >= 0.6 is 0 Å². The van der Waals surface area contributed by atoms with Crippen LogP contribution in [-0.2, 0) is 9.53 Å². The SMILES string of the molecule is CCC(C)C(O)CNC(=O)CC1CCC(OC)CC1. The first-order valence-corrected chi connectivity index (χ1v) is 7.54. The second-order valence-electron chi connectivity index (χ2n) is 5.84. The third kappa shape index (κ3) is 5.91. The Morgan fingerprint density at radius 2 is 2.00 bits per heavy atom. The molecule has 112 valence electrons. The van der Waals surface area contributed by atoms with E-state index < -0.39 is 6.10 Å². The van der Waals surface area contributed by atoms with Crippen molar-refractivity contribution >= 4 is 5.91 Å². The second kappa shape index (κ2) is 8.54. The first-order chi connectivity index (χ1) is 9.06. The van der Waals surface area contributed by atoms with Crippen molar-refractivity contribution in [2.75, 3.05) is 13.7 Å². The number of carbonyl (C=O) groups excluding carboxylic acids is 1. The number of ether oxygens (including phenoxy) is 1. The van der Waals surface area contributed by atoms with Crippen molar-refractivity contribution in [3.8, 4) is 0 Å². The van der Waals surface area contributed by atoms with Crippen LogP contribution in [0.4, 0.5) is 0 Å². The quantitative estimate of drug-likeness (QED) is 0.745. The smallest absolute Gasteiger partial charge is 0.220 e. The van der Waals surface area contributed by atoms with Gasteiger partial charge in [0.15, 0.2) is 0 Å². The normalized spacial score (nSPS) is 26.7. The van der Waals surface area contributed by atoms with Crippen LogP contribution in [0.25, 0.3) is 0 Å². The van der Waals surface area contributed by atoms with E-state index in [0.29, 0.717) is 25.0 Å². The van der Waals surface area contributed by atoms with Gasteiger partial charge in [0.2, 0.25) is 5.91 Å². The molecule has 4 nitrogen and oxygen atoms in total. The van der Waals surface area contributed by atoms with Crippen molar-refractivity contribution in [3.05, 3.63) is 0 Å². The average molecular weight is 271 g/mol. The van der Waals surface area contributed by atoms with Gasteiger partial charge in [-0.1, -0.05) is 20.3 Å². The molecule has 2 atom stereocenters. The number of amides is 1. The van der Waals surface area contributed by atoms with Crippen LogP contribution in [0.15, 0.2) is 0 Å². The number of rotatable bonds is 7. The Balaban J connectivity index is 2.18. The topological polar surface area (TPSA) is 58.6 Å². The van der Waals surface area contributed by atoms with Gasteiger partial charge < -0.3 is 15.2 Å². The molecule has 1 fully saturated rings. The van der Waals surface area contributed by atoms with E-state index in [4.69, 9.17) is 4.74 Å². The number of methoxy groups -OCH3 is 1. The lowest BCUT2D eigenvalue weighted by molar-refractivity contribution is -0.123. The van der Waals surface area contributed by atoms with Crippen molar-refractivity contribution in [2.24, 2.45) is 11.8 Å². The molecule has 1 saturated carbocycles. The maximum Gasteiger partial charge on any atom is 0.220 e. The molecule has 0 spiro atoms. The molecule has 2 N–H and O–H groups in total. The van der Waals surface area contributed by atoms with Crippen molar-refractivity contribution in [1.82, 2.24) is 5.32 Å². The molecule has 0 aromatic rings. The monoisotopic (exact) mass is 271 g/mol. The molecule has 0 radical (unpaired) electrons. The zero-order chi connectivity index (χ0) is 14.3. The summed E-state index contributed by atoms with van der Waals surface area (Å²) in [6.45, 7) is 4.42. The summed E-state index contributed by atoms with van der Waals surface area (Å²) in [7, 11) is 1.76. The summed E-state index contributed by atoms with van der Waals surface area (Å²) in [6.07, 6.45) is 5.72. The molecule has 0 bridgehead atoms. The Morgan fingerprint density at radius 1 is 1.37 bits per heavy atom. The lowest BCUT2D eigenvalue weighted by Gasteiger charge is -2.27. The van der Waals surface area contributed by atoms with Crippen LogP contribution in [0.5, 0.6) is 0 Å². The lowest BCUT2D eigenvalue weighted by atomic mass is 9.85. The van der Waals surface area contributed by atoms with Crippen molar-refractivity contribution in [2.45, 2.75) is 64.6 Å². The van der Waals surface area contributed by atoms with E-state index in [1.807, 2.05) is 13.8 Å². The van der Waals surface area contributed by atoms with E-state index in [0.717, 1.165) is 32.1 Å². The predicted molar refractivity (Wildman–Crippen MR) is 75.8 cm³/mol. The Hall–Kier alpha value is -0.610. The minimum atomic E-state index is -0.432. The first kappa shape index (κ1) is 16.4. The Morgan fingerprint density at radius 3 is 2.53 bits per heavy atom. The predicted octanol–water partition coefficient (Wildman–Crippen LogP) is 2.10. The van der Waals surface area contributed by atoms with Crippen molar-refractivity contribution < 1.29 is 14.6 Å². The standard InChI is InChI=1S/C15H29NO3/c1-4-11(2)14(17)10-16-15(18)9-12-5-7-13(19-3)8-6-12/h11-14,17H,4-10H2,1-3H3,(H,16,18). The summed E-state index contributed by atoms with van der Waals surface area (Å²) < 4.78 is 5.33. The molecule has 19 heavy (non-hydrogen) atoms. The van der Waals surface area contributed by atoms with Gasteiger partial charge in [-0.25, -0.2) is 0 Å². The average Bonchev–Trinajstić information content (AvgIpc) is 2.44. The van der Waals surface area contributed by atoms with Gasteiger partial charge in [0, 0.05) is 20.1 Å². The highest BCUT2D eigenvalue weighted by Crippen LogP contribution is 2.28. The minimum Gasteiger partial charge on any atom is -0.391 e. The van der Waals surface area contributed by atoms with Crippen molar-refractivity contribution in [1.29, 1.82) is 0 Å². The van der Waals surface area contributed by atoms with E-state index in [9.17, 15) is 9.90 Å². The third-order valence-corrected chi connectivity index (χ3v) is 4.41. The molecule has 1 amide bonds. The largest absolute Gasteiger partial charge is 0.391 e. The summed E-state index contributed by atoms with van der Waals surface area (Å²) in [5.41, 5.74) is 0. The first-order valence-electron chi connectivity index (χ1n) is 7.54. The molecule has 0 heterocycles. The van der Waals surface area contributed by atoms with Crippen molar-refractivity contribution in [3.63, 3.8) is 0 Å². The summed E-state index contributed by atoms with van der Waals surface area (Å²) in [6, 6.07) is 0. The number of hydrogen-bond acceptors (Lipinski definition) is 3. The molecule has 0 aliphatic heterocycles. The summed E-state index contributed by atoms with van der Waals surface area (Å²) in [5.74, 6) is 0.785. The molecule has 4 heteroatoms. The summed E-state index contributed by atoms with van der Waals surface area (Å²) in [5, 5.41) is 12.7. The minimum absolute atomic E-state index is 0.0724. The molecular formula is C15H29NO3. The fraction of sp³-hybridized carbons (Fsp3) is 0.933. The van der Waals surface area contributed by atoms with Gasteiger partial charge >= 0.3 is 0 Å². The van der Waals surface area contributed by atoms with Crippen LogP contribution in [0.2, 0.25) is 0 Å². The van der Waals surface area contributed by atoms with E-state index in [1.54, 1.807) is 7.11 Å². The highest BCUT2D eigenvalue weighted by molar-refractivity contribution is 5.76. The Bertz CT molecular complexity index is 262. The molecule has 1 aliphatic rings. The number of hydrogen-bond donors (Lipinski definition) is 2. The van der Waals surface area contributed by atoms with Gasteiger partial charge in [-0.05, 0) is 37.5 Å². The molecular weight excluding hydrogens is 242 g/mol. The van der Waals surface area contributed by atoms with Crippen LogP contribution in [0.1, 0.15) is 52.4 Å². The van der Waals surface area contributed by atoms with Crippen LogP contribution < -0.4 is 5.32 Å². The van der Waals surface area contributed by atoms with Crippen LogP contribution in [0, 0.1) is 11.8 Å². The molecule has 1 rings (SSSR count). The van der Waals surface area contributed by atoms with E-state index >= 15 is 0 Å². The van der Waals surface area contributed by atoms with Gasteiger partial charge in [-0.2, -0.15) is 0 Å². The number of carbonyl (C=O) groups is 1. The summed E-state index contributed by atoms with van der Waals surface area (Å²) in [4.78, 5) is 11.8. The molecule has 0 aromatic carbocycles. The zero-order valence-electron chi connectivity index (χ0n) is 12.5. The molecule has 1 aliphatic carbocycles. The molecule has 0 aromatic heterocycles. The maximum atomic E-state index is 11.8. The number of nitrogens with one attached hydrogen (secondary N) is 1. The van der Waals surface area contributed by atoms with Gasteiger partial charge in [0.05, 0.1) is 12.2 Å². The molecule has 0 saturated heterocycles. The number of aliphatic hydroxyl groups excluding tert-OH is 1. The van der Waals surface area contributed by atoms with E-state index in [-0.39, 0.29) is 11.8 Å². The fourth-order valence-corrected chi connectivity index (χ4v) is 2.60. The van der Waals surface area contributed by atoms with Gasteiger partial charge in [-0.15, -0.1) is 0 Å². The van der Waals surface area contributed by atoms with Gasteiger partial charge in [-0.3, -0.25) is 4.79 Å². The Labute approximate surface area is 116 Å². The van der Waals surface area contributed by atoms with Crippen LogP contribution in [0.3, 0.4) is 0 Å². The lowest BCUT2D eigenvalue weighted by Crippen LogP contribution is -2.36. The highest BCUT2D eigenvalue weighted by atomic mass is 16.5. The maximum absolute atomic E-state index is 11.8. The number of aliphatic hydroxyl groups is 1. The zero-order valence-corrected chi connectivity index (χ0v) is 12.5. The highest BCUT2D eigenvalue weighted by Gasteiger charge is 2.23. The molecule has 2 unspecified atom stereocenters.